The van der Waals surface area contributed by atoms with E-state index >= 15 is 0 Å². The Morgan fingerprint density at radius 3 is 2.67 bits per heavy atom. The number of aromatic nitrogens is 3. The summed E-state index contributed by atoms with van der Waals surface area (Å²) in [5, 5.41) is 3.44. The van der Waals surface area contributed by atoms with Crippen molar-refractivity contribution in [3.05, 3.63) is 41.5 Å². The van der Waals surface area contributed by atoms with Crippen LogP contribution in [-0.2, 0) is 0 Å². The molecule has 4 N–H and O–H groups in total. The molecule has 1 saturated carbocycles. The standard InChI is InChI=1S/C15H20N6/c1-9-13(18-10(2)12-4-3-7-17-8-12)19-15(11-5-6-11)20-14(9)21-16/h3-4,7-8,10-11H,5-6,16H2,1-2H3,(H2,18,19,20,21). The van der Waals surface area contributed by atoms with Gasteiger partial charge in [-0.3, -0.25) is 4.98 Å². The third-order valence-corrected chi connectivity index (χ3v) is 3.78. The fraction of sp³-hybridized carbons (Fsp3) is 0.400. The second-order valence-corrected chi connectivity index (χ2v) is 5.48. The summed E-state index contributed by atoms with van der Waals surface area (Å²) < 4.78 is 0. The highest BCUT2D eigenvalue weighted by Gasteiger charge is 2.28. The molecule has 3 rings (SSSR count). The quantitative estimate of drug-likeness (QED) is 0.577. The first kappa shape index (κ1) is 13.8. The van der Waals surface area contributed by atoms with Gasteiger partial charge in [0.1, 0.15) is 17.5 Å². The van der Waals surface area contributed by atoms with Gasteiger partial charge in [-0.2, -0.15) is 0 Å². The zero-order valence-corrected chi connectivity index (χ0v) is 12.3. The molecule has 110 valence electrons. The maximum absolute atomic E-state index is 5.57. The zero-order valence-electron chi connectivity index (χ0n) is 12.3. The van der Waals surface area contributed by atoms with Crippen LogP contribution in [0.25, 0.3) is 0 Å². The molecule has 1 atom stereocenters. The zero-order chi connectivity index (χ0) is 14.8. The largest absolute Gasteiger partial charge is 0.363 e. The molecule has 2 heterocycles. The Bertz CT molecular complexity index is 624. The van der Waals surface area contributed by atoms with Gasteiger partial charge in [-0.1, -0.05) is 6.07 Å². The number of rotatable bonds is 5. The minimum Gasteiger partial charge on any atom is -0.363 e. The molecular formula is C15H20N6. The number of anilines is 2. The average molecular weight is 284 g/mol. The Kier molecular flexibility index (Phi) is 3.70. The Hall–Kier alpha value is -2.21. The van der Waals surface area contributed by atoms with Gasteiger partial charge in [0.2, 0.25) is 0 Å². The van der Waals surface area contributed by atoms with E-state index < -0.39 is 0 Å². The van der Waals surface area contributed by atoms with Crippen LogP contribution < -0.4 is 16.6 Å². The number of nitrogens with two attached hydrogens (primary N) is 1. The number of nitrogens with zero attached hydrogens (tertiary/aromatic N) is 3. The average Bonchev–Trinajstić information content (AvgIpc) is 3.35. The number of pyridine rings is 1. The molecule has 0 saturated heterocycles. The van der Waals surface area contributed by atoms with Crippen molar-refractivity contribution in [3.63, 3.8) is 0 Å². The molecule has 0 spiro atoms. The van der Waals surface area contributed by atoms with Gasteiger partial charge in [-0.15, -0.1) is 0 Å². The van der Waals surface area contributed by atoms with Gasteiger partial charge in [0, 0.05) is 23.9 Å². The van der Waals surface area contributed by atoms with Crippen LogP contribution in [0.1, 0.15) is 48.7 Å². The Morgan fingerprint density at radius 2 is 2.05 bits per heavy atom. The second kappa shape index (κ2) is 5.65. The highest BCUT2D eigenvalue weighted by atomic mass is 15.3. The monoisotopic (exact) mass is 284 g/mol. The molecule has 0 aromatic carbocycles. The van der Waals surface area contributed by atoms with Crippen LogP contribution >= 0.6 is 0 Å². The van der Waals surface area contributed by atoms with Gasteiger partial charge in [0.25, 0.3) is 0 Å². The topological polar surface area (TPSA) is 88.8 Å². The predicted octanol–water partition coefficient (Wildman–Crippen LogP) is 2.52. The second-order valence-electron chi connectivity index (χ2n) is 5.48. The van der Waals surface area contributed by atoms with Crippen molar-refractivity contribution in [2.75, 3.05) is 10.7 Å². The highest BCUT2D eigenvalue weighted by molar-refractivity contribution is 5.57. The van der Waals surface area contributed by atoms with Crippen LogP contribution in [0.5, 0.6) is 0 Å². The van der Waals surface area contributed by atoms with Crippen LogP contribution in [0.4, 0.5) is 11.6 Å². The third-order valence-electron chi connectivity index (χ3n) is 3.78. The summed E-state index contributed by atoms with van der Waals surface area (Å²) in [7, 11) is 0. The summed E-state index contributed by atoms with van der Waals surface area (Å²) in [6.45, 7) is 4.05. The smallest absolute Gasteiger partial charge is 0.148 e. The van der Waals surface area contributed by atoms with E-state index in [1.807, 2.05) is 25.3 Å². The molecule has 1 aliphatic carbocycles. The number of nitrogen functional groups attached to an aromatic ring is 1. The summed E-state index contributed by atoms with van der Waals surface area (Å²) >= 11 is 0. The van der Waals surface area contributed by atoms with Crippen LogP contribution in [0, 0.1) is 6.92 Å². The fourth-order valence-electron chi connectivity index (χ4n) is 2.26. The predicted molar refractivity (Wildman–Crippen MR) is 82.8 cm³/mol. The molecule has 21 heavy (non-hydrogen) atoms. The van der Waals surface area contributed by atoms with Gasteiger partial charge < -0.3 is 10.7 Å². The van der Waals surface area contributed by atoms with E-state index in [4.69, 9.17) is 5.84 Å². The van der Waals surface area contributed by atoms with Crippen LogP contribution in [0.15, 0.2) is 24.5 Å². The van der Waals surface area contributed by atoms with E-state index in [0.29, 0.717) is 11.7 Å². The van der Waals surface area contributed by atoms with Crippen molar-refractivity contribution in [2.45, 2.75) is 38.6 Å². The molecule has 2 aromatic heterocycles. The molecule has 0 bridgehead atoms. The number of nitrogens with one attached hydrogen (secondary N) is 2. The minimum absolute atomic E-state index is 0.116. The van der Waals surface area contributed by atoms with Crippen molar-refractivity contribution in [2.24, 2.45) is 5.84 Å². The lowest BCUT2D eigenvalue weighted by Gasteiger charge is -2.18. The summed E-state index contributed by atoms with van der Waals surface area (Å²) in [6.07, 6.45) is 5.95. The third kappa shape index (κ3) is 2.95. The molecule has 2 aromatic rings. The van der Waals surface area contributed by atoms with Crippen LogP contribution in [-0.4, -0.2) is 15.0 Å². The molecule has 0 radical (unpaired) electrons. The maximum atomic E-state index is 5.57. The lowest BCUT2D eigenvalue weighted by molar-refractivity contribution is 0.843. The van der Waals surface area contributed by atoms with Crippen molar-refractivity contribution >= 4 is 11.6 Å². The molecule has 0 aliphatic heterocycles. The van der Waals surface area contributed by atoms with Crippen LogP contribution in [0.3, 0.4) is 0 Å². The highest BCUT2D eigenvalue weighted by Crippen LogP contribution is 2.39. The van der Waals surface area contributed by atoms with E-state index in [1.165, 1.54) is 0 Å². The summed E-state index contributed by atoms with van der Waals surface area (Å²) in [5.41, 5.74) is 4.71. The van der Waals surface area contributed by atoms with Crippen molar-refractivity contribution < 1.29 is 0 Å². The van der Waals surface area contributed by atoms with Crippen LogP contribution in [0.2, 0.25) is 0 Å². The lowest BCUT2D eigenvalue weighted by Crippen LogP contribution is -2.16. The van der Waals surface area contributed by atoms with E-state index in [0.717, 1.165) is 35.6 Å². The van der Waals surface area contributed by atoms with Gasteiger partial charge in [-0.05, 0) is 38.3 Å². The SMILES string of the molecule is Cc1c(NN)nc(C2CC2)nc1NC(C)c1cccnc1. The Balaban J connectivity index is 1.88. The van der Waals surface area contributed by atoms with E-state index in [9.17, 15) is 0 Å². The van der Waals surface area contributed by atoms with E-state index in [1.54, 1.807) is 6.20 Å². The molecule has 6 heteroatoms. The molecule has 1 fully saturated rings. The van der Waals surface area contributed by atoms with Gasteiger partial charge >= 0.3 is 0 Å². The Labute approximate surface area is 124 Å². The Morgan fingerprint density at radius 1 is 1.29 bits per heavy atom. The van der Waals surface area contributed by atoms with Crippen molar-refractivity contribution in [1.82, 2.24) is 15.0 Å². The maximum Gasteiger partial charge on any atom is 0.148 e. The summed E-state index contributed by atoms with van der Waals surface area (Å²) in [6, 6.07) is 4.10. The first-order valence-corrected chi connectivity index (χ1v) is 7.20. The molecule has 1 aliphatic rings. The summed E-state index contributed by atoms with van der Waals surface area (Å²) in [4.78, 5) is 13.3. The molecule has 6 nitrogen and oxygen atoms in total. The first-order chi connectivity index (χ1) is 10.2. The number of hydrogen-bond donors (Lipinski definition) is 3. The molecule has 0 amide bonds. The molecular weight excluding hydrogens is 264 g/mol. The van der Waals surface area contributed by atoms with Crippen molar-refractivity contribution in [1.29, 1.82) is 0 Å². The van der Waals surface area contributed by atoms with Gasteiger partial charge in [-0.25, -0.2) is 15.8 Å². The number of hydrazine groups is 1. The lowest BCUT2D eigenvalue weighted by atomic mass is 10.1. The minimum atomic E-state index is 0.116. The van der Waals surface area contributed by atoms with E-state index in [2.05, 4.69) is 32.6 Å². The number of hydrogen-bond acceptors (Lipinski definition) is 6. The van der Waals surface area contributed by atoms with Gasteiger partial charge in [0.05, 0.1) is 6.04 Å². The fourth-order valence-corrected chi connectivity index (χ4v) is 2.26. The van der Waals surface area contributed by atoms with E-state index in [-0.39, 0.29) is 6.04 Å². The van der Waals surface area contributed by atoms with Gasteiger partial charge in [0.15, 0.2) is 0 Å². The molecule has 1 unspecified atom stereocenters. The van der Waals surface area contributed by atoms with Crippen molar-refractivity contribution in [3.8, 4) is 0 Å². The summed E-state index contributed by atoms with van der Waals surface area (Å²) in [5.74, 6) is 8.44. The normalized spacial score (nSPS) is 15.6. The first-order valence-electron chi connectivity index (χ1n) is 7.20.